The van der Waals surface area contributed by atoms with Crippen LogP contribution in [0.4, 0.5) is 9.18 Å². The summed E-state index contributed by atoms with van der Waals surface area (Å²) in [6.45, 7) is 4.21. The fourth-order valence-corrected chi connectivity index (χ4v) is 2.61. The van der Waals surface area contributed by atoms with Gasteiger partial charge in [-0.25, -0.2) is 9.18 Å². The summed E-state index contributed by atoms with van der Waals surface area (Å²) >= 11 is 0. The fraction of sp³-hybridized carbons (Fsp3) is 0.500. The van der Waals surface area contributed by atoms with Crippen LogP contribution >= 0.6 is 0 Å². The molecule has 1 aromatic carbocycles. The van der Waals surface area contributed by atoms with Crippen LogP contribution in [0.1, 0.15) is 31.9 Å². The second-order valence-electron chi connectivity index (χ2n) is 5.93. The molecule has 0 spiro atoms. The molecule has 0 radical (unpaired) electrons. The van der Waals surface area contributed by atoms with Crippen molar-refractivity contribution in [3.63, 3.8) is 0 Å². The topological polar surface area (TPSA) is 81.7 Å². The molecule has 0 aromatic heterocycles. The number of carbonyl (C=O) groups excluding carboxylic acids is 2. The zero-order chi connectivity index (χ0) is 17.0. The van der Waals surface area contributed by atoms with E-state index in [1.807, 2.05) is 13.8 Å². The predicted octanol–water partition coefficient (Wildman–Crippen LogP) is 1.17. The lowest BCUT2D eigenvalue weighted by molar-refractivity contribution is -0.129. The first kappa shape index (κ1) is 17.2. The Bertz CT molecular complexity index is 579. The van der Waals surface area contributed by atoms with Crippen LogP contribution in [0.3, 0.4) is 0 Å². The van der Waals surface area contributed by atoms with Gasteiger partial charge in [-0.1, -0.05) is 18.2 Å². The summed E-state index contributed by atoms with van der Waals surface area (Å²) < 4.78 is 13.5. The Labute approximate surface area is 134 Å². The number of rotatable bonds is 5. The summed E-state index contributed by atoms with van der Waals surface area (Å²) in [5.41, 5.74) is 0.134. The highest BCUT2D eigenvalue weighted by Crippen LogP contribution is 2.16. The molecule has 2 atom stereocenters. The van der Waals surface area contributed by atoms with E-state index in [0.29, 0.717) is 6.54 Å². The van der Waals surface area contributed by atoms with Crippen molar-refractivity contribution in [2.24, 2.45) is 0 Å². The Kier molecular flexibility index (Phi) is 5.54. The molecule has 3 N–H and O–H groups in total. The summed E-state index contributed by atoms with van der Waals surface area (Å²) in [6, 6.07) is 5.23. The fourth-order valence-electron chi connectivity index (χ4n) is 2.61. The Morgan fingerprint density at radius 3 is 2.74 bits per heavy atom. The molecule has 1 saturated heterocycles. The number of nitrogens with one attached hydrogen (secondary N) is 2. The molecule has 126 valence electrons. The molecule has 1 aliphatic rings. The normalized spacial score (nSPS) is 19.1. The van der Waals surface area contributed by atoms with E-state index in [9.17, 15) is 19.1 Å². The summed E-state index contributed by atoms with van der Waals surface area (Å²) in [5, 5.41) is 15.1. The molecule has 0 aliphatic carbocycles. The average Bonchev–Trinajstić information content (AvgIpc) is 2.86. The summed E-state index contributed by atoms with van der Waals surface area (Å²) in [7, 11) is 0. The van der Waals surface area contributed by atoms with E-state index < -0.39 is 18.0 Å². The molecular formula is C16H22FN3O3. The Balaban J connectivity index is 1.80. The Morgan fingerprint density at radius 1 is 1.43 bits per heavy atom. The number of carbonyl (C=O) groups is 2. The van der Waals surface area contributed by atoms with Gasteiger partial charge in [0.25, 0.3) is 0 Å². The van der Waals surface area contributed by atoms with Crippen molar-refractivity contribution < 1.29 is 19.1 Å². The van der Waals surface area contributed by atoms with Crippen LogP contribution in [-0.4, -0.2) is 47.1 Å². The van der Waals surface area contributed by atoms with Gasteiger partial charge in [0.05, 0.1) is 12.1 Å². The van der Waals surface area contributed by atoms with Crippen LogP contribution in [0.5, 0.6) is 0 Å². The van der Waals surface area contributed by atoms with Crippen molar-refractivity contribution in [3.8, 4) is 0 Å². The van der Waals surface area contributed by atoms with E-state index in [-0.39, 0.29) is 36.5 Å². The van der Waals surface area contributed by atoms with Crippen LogP contribution in [0.25, 0.3) is 0 Å². The summed E-state index contributed by atoms with van der Waals surface area (Å²) in [5.74, 6) is -0.507. The predicted molar refractivity (Wildman–Crippen MR) is 83.1 cm³/mol. The van der Waals surface area contributed by atoms with Gasteiger partial charge >= 0.3 is 6.03 Å². The van der Waals surface area contributed by atoms with E-state index in [0.717, 1.165) is 0 Å². The van der Waals surface area contributed by atoms with Gasteiger partial charge in [0.1, 0.15) is 5.82 Å². The maximum Gasteiger partial charge on any atom is 0.315 e. The first-order chi connectivity index (χ1) is 10.9. The average molecular weight is 323 g/mol. The maximum absolute atomic E-state index is 13.5. The van der Waals surface area contributed by atoms with Crippen molar-refractivity contribution >= 4 is 11.9 Å². The second-order valence-corrected chi connectivity index (χ2v) is 5.93. The number of aliphatic hydroxyl groups excluding tert-OH is 1. The van der Waals surface area contributed by atoms with Gasteiger partial charge in [0.15, 0.2) is 0 Å². The van der Waals surface area contributed by atoms with Gasteiger partial charge in [0.2, 0.25) is 5.91 Å². The Morgan fingerprint density at radius 2 is 2.13 bits per heavy atom. The third kappa shape index (κ3) is 4.41. The minimum Gasteiger partial charge on any atom is -0.386 e. The molecule has 0 saturated carbocycles. The van der Waals surface area contributed by atoms with Crippen LogP contribution in [-0.2, 0) is 4.79 Å². The smallest absolute Gasteiger partial charge is 0.315 e. The van der Waals surface area contributed by atoms with Crippen molar-refractivity contribution in [3.05, 3.63) is 35.6 Å². The third-order valence-electron chi connectivity index (χ3n) is 3.84. The minimum atomic E-state index is -1.13. The van der Waals surface area contributed by atoms with Crippen molar-refractivity contribution in [1.29, 1.82) is 0 Å². The number of nitrogens with zero attached hydrogens (tertiary/aromatic N) is 1. The number of benzene rings is 1. The molecule has 1 fully saturated rings. The lowest BCUT2D eigenvalue weighted by atomic mass is 10.1. The Hall–Kier alpha value is -2.15. The molecule has 0 unspecified atom stereocenters. The monoisotopic (exact) mass is 323 g/mol. The van der Waals surface area contributed by atoms with Crippen LogP contribution in [0.2, 0.25) is 0 Å². The van der Waals surface area contributed by atoms with Crippen molar-refractivity contribution in [2.75, 3.05) is 13.1 Å². The first-order valence-corrected chi connectivity index (χ1v) is 7.64. The first-order valence-electron chi connectivity index (χ1n) is 7.64. The number of likely N-dealkylation sites (tertiary alicyclic amines) is 1. The lowest BCUT2D eigenvalue weighted by Crippen LogP contribution is -2.45. The number of amides is 3. The van der Waals surface area contributed by atoms with Crippen LogP contribution < -0.4 is 10.6 Å². The SMILES string of the molecule is CC(C)N1C[C@H](NC(=O)NC[C@@H](O)c2ccccc2F)CC1=O. The third-order valence-corrected chi connectivity index (χ3v) is 3.84. The number of hydrogen-bond donors (Lipinski definition) is 3. The van der Waals surface area contributed by atoms with Crippen LogP contribution in [0.15, 0.2) is 24.3 Å². The molecule has 2 rings (SSSR count). The number of halogens is 1. The molecule has 7 heteroatoms. The molecule has 23 heavy (non-hydrogen) atoms. The van der Waals surface area contributed by atoms with Gasteiger partial charge in [0, 0.05) is 31.1 Å². The lowest BCUT2D eigenvalue weighted by Gasteiger charge is -2.21. The molecule has 0 bridgehead atoms. The van der Waals surface area contributed by atoms with Gasteiger partial charge in [-0.05, 0) is 19.9 Å². The molecular weight excluding hydrogens is 301 g/mol. The quantitative estimate of drug-likeness (QED) is 0.761. The van der Waals surface area contributed by atoms with E-state index in [4.69, 9.17) is 0 Å². The number of aliphatic hydroxyl groups is 1. The largest absolute Gasteiger partial charge is 0.386 e. The molecule has 3 amide bonds. The van der Waals surface area contributed by atoms with Crippen molar-refractivity contribution in [1.82, 2.24) is 15.5 Å². The molecule has 1 aromatic rings. The highest BCUT2D eigenvalue weighted by molar-refractivity contribution is 5.81. The van der Waals surface area contributed by atoms with Gasteiger partial charge in [-0.3, -0.25) is 4.79 Å². The summed E-state index contributed by atoms with van der Waals surface area (Å²) in [4.78, 5) is 25.3. The molecule has 1 heterocycles. The van der Waals surface area contributed by atoms with E-state index in [1.54, 1.807) is 11.0 Å². The molecule has 6 nitrogen and oxygen atoms in total. The van der Waals surface area contributed by atoms with E-state index >= 15 is 0 Å². The maximum atomic E-state index is 13.5. The van der Waals surface area contributed by atoms with Crippen LogP contribution in [0, 0.1) is 5.82 Å². The highest BCUT2D eigenvalue weighted by atomic mass is 19.1. The number of hydrogen-bond acceptors (Lipinski definition) is 3. The summed E-state index contributed by atoms with van der Waals surface area (Å²) in [6.07, 6.45) is -0.860. The van der Waals surface area contributed by atoms with Gasteiger partial charge in [-0.2, -0.15) is 0 Å². The zero-order valence-electron chi connectivity index (χ0n) is 13.3. The second kappa shape index (κ2) is 7.41. The van der Waals surface area contributed by atoms with Gasteiger partial charge in [-0.15, -0.1) is 0 Å². The minimum absolute atomic E-state index is 0.0108. The zero-order valence-corrected chi connectivity index (χ0v) is 13.3. The molecule has 1 aliphatic heterocycles. The standard InChI is InChI=1S/C16H22FN3O3/c1-10(2)20-9-11(7-15(20)22)19-16(23)18-8-14(21)12-5-3-4-6-13(12)17/h3-6,10-11,14,21H,7-9H2,1-2H3,(H2,18,19,23)/t11-,14-/m1/s1. The number of urea groups is 1. The van der Waals surface area contributed by atoms with Crippen molar-refractivity contribution in [2.45, 2.75) is 38.5 Å². The van der Waals surface area contributed by atoms with E-state index in [2.05, 4.69) is 10.6 Å². The van der Waals surface area contributed by atoms with Gasteiger partial charge < -0.3 is 20.6 Å². The highest BCUT2D eigenvalue weighted by Gasteiger charge is 2.31. The van der Waals surface area contributed by atoms with E-state index in [1.165, 1.54) is 18.2 Å².